The molecule has 0 radical (unpaired) electrons. The van der Waals surface area contributed by atoms with Crippen LogP contribution in [0.2, 0.25) is 0 Å². The summed E-state index contributed by atoms with van der Waals surface area (Å²) in [6.07, 6.45) is 3.21. The number of hydrogen-bond acceptors (Lipinski definition) is 5. The summed E-state index contributed by atoms with van der Waals surface area (Å²) in [5, 5.41) is 0.497. The quantitative estimate of drug-likeness (QED) is 0.382. The normalized spacial score (nSPS) is 12.0. The lowest BCUT2D eigenvalue weighted by molar-refractivity contribution is 0.0645. The number of ether oxygens (including phenoxy) is 1. The third-order valence-corrected chi connectivity index (χ3v) is 5.71. The van der Waals surface area contributed by atoms with E-state index < -0.39 is 6.04 Å². The van der Waals surface area contributed by atoms with Gasteiger partial charge in [0.25, 0.3) is 11.5 Å². The molecule has 0 N–H and O–H groups in total. The van der Waals surface area contributed by atoms with Crippen molar-refractivity contribution in [2.75, 3.05) is 13.7 Å². The molecule has 7 nitrogen and oxygen atoms in total. The molecular formula is C26H27N3O4. The van der Waals surface area contributed by atoms with Gasteiger partial charge in [0.05, 0.1) is 36.0 Å². The maximum atomic E-state index is 13.7. The molecule has 2 aromatic heterocycles. The number of carbonyl (C=O) groups excluding carboxylic acids is 1. The fourth-order valence-corrected chi connectivity index (χ4v) is 3.96. The van der Waals surface area contributed by atoms with Crippen LogP contribution in [0.4, 0.5) is 0 Å². The van der Waals surface area contributed by atoms with E-state index in [1.165, 1.54) is 6.26 Å². The molecular weight excluding hydrogens is 418 g/mol. The Labute approximate surface area is 192 Å². The molecule has 170 valence electrons. The van der Waals surface area contributed by atoms with E-state index in [9.17, 15) is 9.59 Å². The first-order valence-corrected chi connectivity index (χ1v) is 11.1. The summed E-state index contributed by atoms with van der Waals surface area (Å²) in [6.45, 7) is 4.46. The lowest BCUT2D eigenvalue weighted by Crippen LogP contribution is -2.38. The number of methoxy groups -OCH3 is 1. The third-order valence-electron chi connectivity index (χ3n) is 5.71. The average Bonchev–Trinajstić information content (AvgIpc) is 3.39. The minimum atomic E-state index is -0.503. The van der Waals surface area contributed by atoms with Crippen LogP contribution in [0, 0.1) is 0 Å². The van der Waals surface area contributed by atoms with Crippen LogP contribution in [0.3, 0.4) is 0 Å². The number of nitrogens with zero attached hydrogens (tertiary/aromatic N) is 3. The summed E-state index contributed by atoms with van der Waals surface area (Å²) >= 11 is 0. The number of carbonyl (C=O) groups is 1. The summed E-state index contributed by atoms with van der Waals surface area (Å²) in [4.78, 5) is 33.6. The van der Waals surface area contributed by atoms with Gasteiger partial charge in [-0.05, 0) is 49.7 Å². The molecule has 0 bridgehead atoms. The van der Waals surface area contributed by atoms with Crippen LogP contribution in [0.15, 0.2) is 76.1 Å². The highest BCUT2D eigenvalue weighted by Crippen LogP contribution is 2.28. The van der Waals surface area contributed by atoms with Crippen LogP contribution >= 0.6 is 0 Å². The van der Waals surface area contributed by atoms with Crippen LogP contribution in [0.5, 0.6) is 5.75 Å². The Morgan fingerprint density at radius 1 is 1.12 bits per heavy atom. The molecule has 33 heavy (non-hydrogen) atoms. The van der Waals surface area contributed by atoms with Crippen molar-refractivity contribution in [3.8, 4) is 11.4 Å². The van der Waals surface area contributed by atoms with Gasteiger partial charge in [-0.2, -0.15) is 0 Å². The third kappa shape index (κ3) is 4.26. The first-order valence-electron chi connectivity index (χ1n) is 11.1. The number of para-hydroxylation sites is 3. The summed E-state index contributed by atoms with van der Waals surface area (Å²) in [7, 11) is 1.56. The number of amides is 1. The Kier molecular flexibility index (Phi) is 6.58. The Balaban J connectivity index is 1.94. The van der Waals surface area contributed by atoms with Gasteiger partial charge in [-0.3, -0.25) is 14.2 Å². The predicted molar refractivity (Wildman–Crippen MR) is 127 cm³/mol. The van der Waals surface area contributed by atoms with E-state index in [1.54, 1.807) is 40.8 Å². The van der Waals surface area contributed by atoms with Gasteiger partial charge in [0.1, 0.15) is 11.6 Å². The number of benzene rings is 2. The molecule has 2 aromatic carbocycles. The Bertz CT molecular complexity index is 1310. The van der Waals surface area contributed by atoms with Gasteiger partial charge in [0, 0.05) is 6.54 Å². The second-order valence-corrected chi connectivity index (χ2v) is 7.80. The van der Waals surface area contributed by atoms with Crippen LogP contribution in [0.1, 0.15) is 49.1 Å². The summed E-state index contributed by atoms with van der Waals surface area (Å²) in [5.41, 5.74) is 0.940. The minimum absolute atomic E-state index is 0.215. The number of hydrogen-bond donors (Lipinski definition) is 0. The van der Waals surface area contributed by atoms with E-state index in [2.05, 4.69) is 6.92 Å². The topological polar surface area (TPSA) is 77.6 Å². The molecule has 0 aliphatic carbocycles. The molecule has 7 heteroatoms. The zero-order chi connectivity index (χ0) is 23.4. The van der Waals surface area contributed by atoms with Gasteiger partial charge in [-0.1, -0.05) is 37.6 Å². The lowest BCUT2D eigenvalue weighted by Gasteiger charge is -2.30. The highest BCUT2D eigenvalue weighted by molar-refractivity contribution is 5.91. The van der Waals surface area contributed by atoms with Crippen LogP contribution < -0.4 is 10.3 Å². The standard InChI is InChI=1S/C26H27N3O4/c1-4-5-16-28(26(31)23-15-10-17-33-23)18(2)24-27-20-12-7-6-11-19(20)25(30)29(24)21-13-8-9-14-22(21)32-3/h6-15,17-18H,4-5,16H2,1-3H3. The van der Waals surface area contributed by atoms with Crippen LogP contribution in [0.25, 0.3) is 16.6 Å². The fraction of sp³-hybridized carbons (Fsp3) is 0.269. The fourth-order valence-electron chi connectivity index (χ4n) is 3.96. The minimum Gasteiger partial charge on any atom is -0.495 e. The van der Waals surface area contributed by atoms with E-state index >= 15 is 0 Å². The number of rotatable bonds is 8. The summed E-state index contributed by atoms with van der Waals surface area (Å²) < 4.78 is 12.5. The monoisotopic (exact) mass is 445 g/mol. The van der Waals surface area contributed by atoms with Crippen molar-refractivity contribution >= 4 is 16.8 Å². The second-order valence-electron chi connectivity index (χ2n) is 7.80. The van der Waals surface area contributed by atoms with E-state index in [0.717, 1.165) is 12.8 Å². The summed E-state index contributed by atoms with van der Waals surface area (Å²) in [6, 6.07) is 17.4. The van der Waals surface area contributed by atoms with Crippen molar-refractivity contribution < 1.29 is 13.9 Å². The van der Waals surface area contributed by atoms with E-state index in [4.69, 9.17) is 14.1 Å². The van der Waals surface area contributed by atoms with Crippen molar-refractivity contribution in [2.24, 2.45) is 0 Å². The van der Waals surface area contributed by atoms with Gasteiger partial charge in [-0.15, -0.1) is 0 Å². The smallest absolute Gasteiger partial charge is 0.290 e. The van der Waals surface area contributed by atoms with Crippen LogP contribution in [-0.2, 0) is 0 Å². The molecule has 4 aromatic rings. The molecule has 0 saturated carbocycles. The molecule has 1 atom stereocenters. The Hall–Kier alpha value is -3.87. The maximum absolute atomic E-state index is 13.7. The zero-order valence-electron chi connectivity index (χ0n) is 19.0. The number of furan rings is 1. The first-order chi connectivity index (χ1) is 16.1. The molecule has 0 fully saturated rings. The molecule has 0 aliphatic heterocycles. The van der Waals surface area contributed by atoms with E-state index in [1.807, 2.05) is 43.3 Å². The van der Waals surface area contributed by atoms with Gasteiger partial charge < -0.3 is 14.1 Å². The van der Waals surface area contributed by atoms with Gasteiger partial charge in [-0.25, -0.2) is 4.98 Å². The zero-order valence-corrected chi connectivity index (χ0v) is 19.0. The molecule has 0 spiro atoms. The van der Waals surface area contributed by atoms with Crippen molar-refractivity contribution in [1.82, 2.24) is 14.5 Å². The van der Waals surface area contributed by atoms with Gasteiger partial charge in [0.15, 0.2) is 5.76 Å². The molecule has 1 amide bonds. The molecule has 1 unspecified atom stereocenters. The van der Waals surface area contributed by atoms with Crippen molar-refractivity contribution in [1.29, 1.82) is 0 Å². The Morgan fingerprint density at radius 3 is 2.61 bits per heavy atom. The molecule has 4 rings (SSSR count). The summed E-state index contributed by atoms with van der Waals surface area (Å²) in [5.74, 6) is 1.02. The number of fused-ring (bicyclic) bond motifs is 1. The number of unbranched alkanes of at least 4 members (excludes halogenated alkanes) is 1. The highest BCUT2D eigenvalue weighted by Gasteiger charge is 2.29. The van der Waals surface area contributed by atoms with Gasteiger partial charge in [0.2, 0.25) is 0 Å². The second kappa shape index (κ2) is 9.73. The largest absolute Gasteiger partial charge is 0.495 e. The van der Waals surface area contributed by atoms with E-state index in [0.29, 0.717) is 34.7 Å². The molecule has 2 heterocycles. The first kappa shape index (κ1) is 22.3. The van der Waals surface area contributed by atoms with Crippen LogP contribution in [-0.4, -0.2) is 34.0 Å². The Morgan fingerprint density at radius 2 is 1.88 bits per heavy atom. The molecule has 0 saturated heterocycles. The lowest BCUT2D eigenvalue weighted by atomic mass is 10.1. The number of aromatic nitrogens is 2. The molecule has 0 aliphatic rings. The predicted octanol–water partition coefficient (Wildman–Crippen LogP) is 4.99. The highest BCUT2D eigenvalue weighted by atomic mass is 16.5. The van der Waals surface area contributed by atoms with E-state index in [-0.39, 0.29) is 17.2 Å². The SMILES string of the molecule is CCCCN(C(=O)c1ccco1)C(C)c1nc2ccccc2c(=O)n1-c1ccccc1OC. The van der Waals surface area contributed by atoms with Crippen molar-refractivity contribution in [3.63, 3.8) is 0 Å². The van der Waals surface area contributed by atoms with Gasteiger partial charge >= 0.3 is 0 Å². The van der Waals surface area contributed by atoms with Crippen molar-refractivity contribution in [3.05, 3.63) is 88.9 Å². The van der Waals surface area contributed by atoms with Crippen molar-refractivity contribution in [2.45, 2.75) is 32.7 Å². The maximum Gasteiger partial charge on any atom is 0.290 e. The average molecular weight is 446 g/mol.